The molecule has 7 nitrogen and oxygen atoms in total. The van der Waals surface area contributed by atoms with Crippen molar-refractivity contribution in [1.29, 1.82) is 0 Å². The van der Waals surface area contributed by atoms with E-state index in [0.717, 1.165) is 30.8 Å². The summed E-state index contributed by atoms with van der Waals surface area (Å²) in [5.74, 6) is 7.14. The normalized spacial score (nSPS) is 12.2. The molecule has 0 amide bonds. The summed E-state index contributed by atoms with van der Waals surface area (Å²) in [6.07, 6.45) is 3.38. The summed E-state index contributed by atoms with van der Waals surface area (Å²) < 4.78 is 10.5. The molecule has 3 N–H and O–H groups in total. The molecular weight excluding hydrogens is 270 g/mol. The lowest BCUT2D eigenvalue weighted by Crippen LogP contribution is -2.40. The predicted molar refractivity (Wildman–Crippen MR) is 84.4 cm³/mol. The fourth-order valence-electron chi connectivity index (χ4n) is 2.31. The fraction of sp³-hybridized carbons (Fsp3) is 0.714. The largest absolute Gasteiger partial charge is 0.383 e. The number of hydrogen-bond acceptors (Lipinski definition) is 7. The summed E-state index contributed by atoms with van der Waals surface area (Å²) in [6, 6.07) is 0.182. The van der Waals surface area contributed by atoms with E-state index in [-0.39, 0.29) is 6.04 Å². The van der Waals surface area contributed by atoms with Crippen LogP contribution in [0.4, 0.5) is 11.6 Å². The highest BCUT2D eigenvalue weighted by Crippen LogP contribution is 2.26. The van der Waals surface area contributed by atoms with E-state index in [1.165, 1.54) is 6.33 Å². The van der Waals surface area contributed by atoms with Gasteiger partial charge in [-0.25, -0.2) is 15.8 Å². The van der Waals surface area contributed by atoms with Crippen LogP contribution in [-0.2, 0) is 15.9 Å². The van der Waals surface area contributed by atoms with Gasteiger partial charge in [-0.15, -0.1) is 0 Å². The van der Waals surface area contributed by atoms with E-state index in [1.807, 2.05) is 0 Å². The van der Waals surface area contributed by atoms with Gasteiger partial charge in [-0.2, -0.15) is 0 Å². The summed E-state index contributed by atoms with van der Waals surface area (Å²) in [7, 11) is 3.39. The molecule has 0 radical (unpaired) electrons. The topological polar surface area (TPSA) is 85.5 Å². The lowest BCUT2D eigenvalue weighted by atomic mass is 10.1. The van der Waals surface area contributed by atoms with Crippen LogP contribution < -0.4 is 16.2 Å². The van der Waals surface area contributed by atoms with Gasteiger partial charge >= 0.3 is 0 Å². The van der Waals surface area contributed by atoms with Crippen molar-refractivity contribution in [2.75, 3.05) is 44.3 Å². The van der Waals surface area contributed by atoms with Gasteiger partial charge in [-0.1, -0.05) is 13.3 Å². The second-order valence-corrected chi connectivity index (χ2v) is 4.91. The smallest absolute Gasteiger partial charge is 0.148 e. The van der Waals surface area contributed by atoms with Gasteiger partial charge in [-0.3, -0.25) is 0 Å². The van der Waals surface area contributed by atoms with E-state index in [9.17, 15) is 0 Å². The molecule has 1 heterocycles. The Bertz CT molecular complexity index is 416. The molecule has 0 aliphatic heterocycles. The second-order valence-electron chi connectivity index (χ2n) is 4.91. The Morgan fingerprint density at radius 3 is 2.67 bits per heavy atom. The van der Waals surface area contributed by atoms with Crippen LogP contribution in [0, 0.1) is 0 Å². The van der Waals surface area contributed by atoms with Crippen molar-refractivity contribution in [2.24, 2.45) is 5.84 Å². The van der Waals surface area contributed by atoms with Gasteiger partial charge in [-0.05, 0) is 13.3 Å². The molecule has 1 unspecified atom stereocenters. The maximum atomic E-state index is 5.58. The maximum absolute atomic E-state index is 5.58. The molecule has 1 atom stereocenters. The van der Waals surface area contributed by atoms with Crippen LogP contribution in [-0.4, -0.2) is 50.0 Å². The van der Waals surface area contributed by atoms with Crippen molar-refractivity contribution in [3.8, 4) is 0 Å². The van der Waals surface area contributed by atoms with Crippen molar-refractivity contribution < 1.29 is 9.47 Å². The van der Waals surface area contributed by atoms with E-state index in [2.05, 4.69) is 34.1 Å². The first kappa shape index (κ1) is 17.6. The molecule has 1 aromatic heterocycles. The molecule has 0 aromatic carbocycles. The van der Waals surface area contributed by atoms with Crippen LogP contribution in [0.15, 0.2) is 6.33 Å². The molecule has 120 valence electrons. The van der Waals surface area contributed by atoms with Crippen LogP contribution in [0.2, 0.25) is 0 Å². The molecule has 0 aliphatic carbocycles. The number of nitrogens with zero attached hydrogens (tertiary/aromatic N) is 3. The molecule has 21 heavy (non-hydrogen) atoms. The third-order valence-corrected chi connectivity index (χ3v) is 3.31. The third kappa shape index (κ3) is 4.80. The van der Waals surface area contributed by atoms with E-state index in [4.69, 9.17) is 15.3 Å². The molecule has 1 aromatic rings. The number of nitrogen functional groups attached to an aromatic ring is 1. The fourth-order valence-corrected chi connectivity index (χ4v) is 2.31. The van der Waals surface area contributed by atoms with Crippen molar-refractivity contribution in [3.05, 3.63) is 11.9 Å². The monoisotopic (exact) mass is 297 g/mol. The predicted octanol–water partition coefficient (Wildman–Crippen LogP) is 1.20. The second kappa shape index (κ2) is 9.49. The Morgan fingerprint density at radius 1 is 1.33 bits per heavy atom. The number of hydrazine groups is 1. The van der Waals surface area contributed by atoms with Crippen molar-refractivity contribution in [3.63, 3.8) is 0 Å². The number of nitrogens with two attached hydrogens (primary N) is 1. The highest BCUT2D eigenvalue weighted by molar-refractivity contribution is 5.58. The average molecular weight is 297 g/mol. The van der Waals surface area contributed by atoms with Crippen molar-refractivity contribution in [2.45, 2.75) is 32.7 Å². The maximum Gasteiger partial charge on any atom is 0.148 e. The number of anilines is 2. The SMILES string of the molecule is CCCc1c(NN)ncnc1N(CCOC)C(C)COC. The first-order valence-corrected chi connectivity index (χ1v) is 7.24. The number of aromatic nitrogens is 2. The third-order valence-electron chi connectivity index (χ3n) is 3.31. The van der Waals surface area contributed by atoms with E-state index < -0.39 is 0 Å². The Hall–Kier alpha value is -1.44. The number of nitrogens with one attached hydrogen (secondary N) is 1. The Balaban J connectivity index is 3.15. The van der Waals surface area contributed by atoms with Crippen LogP contribution in [0.3, 0.4) is 0 Å². The highest BCUT2D eigenvalue weighted by Gasteiger charge is 2.21. The number of methoxy groups -OCH3 is 2. The Labute approximate surface area is 126 Å². The zero-order chi connectivity index (χ0) is 15.7. The first-order chi connectivity index (χ1) is 10.2. The minimum absolute atomic E-state index is 0.182. The number of ether oxygens (including phenoxy) is 2. The summed E-state index contributed by atoms with van der Waals surface area (Å²) in [5.41, 5.74) is 3.69. The minimum atomic E-state index is 0.182. The summed E-state index contributed by atoms with van der Waals surface area (Å²) >= 11 is 0. The van der Waals surface area contributed by atoms with Gasteiger partial charge in [0.2, 0.25) is 0 Å². The quantitative estimate of drug-likeness (QED) is 0.496. The van der Waals surface area contributed by atoms with Gasteiger partial charge in [0.05, 0.1) is 19.3 Å². The molecule has 0 fully saturated rings. The van der Waals surface area contributed by atoms with E-state index in [1.54, 1.807) is 14.2 Å². The highest BCUT2D eigenvalue weighted by atomic mass is 16.5. The van der Waals surface area contributed by atoms with Crippen LogP contribution in [0.5, 0.6) is 0 Å². The van der Waals surface area contributed by atoms with Gasteiger partial charge in [0.1, 0.15) is 18.0 Å². The standard InChI is InChI=1S/C14H27N5O2/c1-5-6-12-13(18-15)16-10-17-14(12)19(7-8-20-3)11(2)9-21-4/h10-11H,5-9,15H2,1-4H3,(H,16,17,18). The van der Waals surface area contributed by atoms with Gasteiger partial charge in [0, 0.05) is 26.3 Å². The van der Waals surface area contributed by atoms with Crippen molar-refractivity contribution in [1.82, 2.24) is 9.97 Å². The number of rotatable bonds is 10. The van der Waals surface area contributed by atoms with E-state index in [0.29, 0.717) is 19.0 Å². The van der Waals surface area contributed by atoms with Gasteiger partial charge in [0.25, 0.3) is 0 Å². The molecule has 0 spiro atoms. The summed E-state index contributed by atoms with van der Waals surface area (Å²) in [4.78, 5) is 10.9. The Morgan fingerprint density at radius 2 is 2.10 bits per heavy atom. The average Bonchev–Trinajstić information content (AvgIpc) is 2.49. The zero-order valence-corrected chi connectivity index (χ0v) is 13.4. The summed E-state index contributed by atoms with van der Waals surface area (Å²) in [5, 5.41) is 0. The van der Waals surface area contributed by atoms with E-state index >= 15 is 0 Å². The van der Waals surface area contributed by atoms with Gasteiger partial charge in [0.15, 0.2) is 0 Å². The molecular formula is C14H27N5O2. The molecule has 0 bridgehead atoms. The van der Waals surface area contributed by atoms with Crippen molar-refractivity contribution >= 4 is 11.6 Å². The zero-order valence-electron chi connectivity index (χ0n) is 13.4. The lowest BCUT2D eigenvalue weighted by molar-refractivity contribution is 0.170. The molecule has 0 saturated heterocycles. The lowest BCUT2D eigenvalue weighted by Gasteiger charge is -2.31. The van der Waals surface area contributed by atoms with Crippen LogP contribution in [0.25, 0.3) is 0 Å². The summed E-state index contributed by atoms with van der Waals surface area (Å²) in [6.45, 7) is 6.19. The molecule has 0 aliphatic rings. The first-order valence-electron chi connectivity index (χ1n) is 7.24. The molecule has 1 rings (SSSR count). The Kier molecular flexibility index (Phi) is 7.96. The van der Waals surface area contributed by atoms with Crippen LogP contribution in [0.1, 0.15) is 25.8 Å². The minimum Gasteiger partial charge on any atom is -0.383 e. The number of hydrogen-bond donors (Lipinski definition) is 2. The van der Waals surface area contributed by atoms with Crippen LogP contribution >= 0.6 is 0 Å². The molecule has 7 heteroatoms. The molecule has 0 saturated carbocycles. The van der Waals surface area contributed by atoms with Gasteiger partial charge < -0.3 is 19.8 Å².